The molecule has 21 heavy (non-hydrogen) atoms. The van der Waals surface area contributed by atoms with Crippen LogP contribution in [-0.4, -0.2) is 43.5 Å². The maximum Gasteiger partial charge on any atom is 0.231 e. The molecule has 0 amide bonds. The molecule has 0 radical (unpaired) electrons. The highest BCUT2D eigenvalue weighted by Gasteiger charge is 2.17. The van der Waals surface area contributed by atoms with E-state index in [4.69, 9.17) is 9.47 Å². The van der Waals surface area contributed by atoms with E-state index in [0.29, 0.717) is 30.0 Å². The number of aromatic hydroxyl groups is 1. The van der Waals surface area contributed by atoms with Crippen LogP contribution >= 0.6 is 0 Å². The fraction of sp³-hybridized carbons (Fsp3) is 0.625. The Bertz CT molecular complexity index is 475. The molecule has 1 aliphatic heterocycles. The molecule has 1 aromatic rings. The largest absolute Gasteiger partial charge is 0.507 e. The summed E-state index contributed by atoms with van der Waals surface area (Å²) in [6, 6.07) is 3.95. The van der Waals surface area contributed by atoms with E-state index >= 15 is 0 Å². The summed E-state index contributed by atoms with van der Waals surface area (Å²) in [6.45, 7) is 6.20. The molecule has 1 aromatic carbocycles. The highest BCUT2D eigenvalue weighted by Crippen LogP contribution is 2.37. The summed E-state index contributed by atoms with van der Waals surface area (Å²) >= 11 is 0. The average molecular weight is 294 g/mol. The van der Waals surface area contributed by atoms with Crippen LogP contribution in [0.2, 0.25) is 0 Å². The number of likely N-dealkylation sites (N-methyl/N-ethyl adjacent to an activating group) is 1. The predicted octanol–water partition coefficient (Wildman–Crippen LogP) is 2.19. The van der Waals surface area contributed by atoms with Crippen LogP contribution in [0.3, 0.4) is 0 Å². The highest BCUT2D eigenvalue weighted by atomic mass is 16.7. The van der Waals surface area contributed by atoms with Gasteiger partial charge >= 0.3 is 0 Å². The Morgan fingerprint density at radius 1 is 1.24 bits per heavy atom. The minimum Gasteiger partial charge on any atom is -0.507 e. The minimum absolute atomic E-state index is 0.225. The van der Waals surface area contributed by atoms with Crippen LogP contribution < -0.4 is 14.8 Å². The van der Waals surface area contributed by atoms with Gasteiger partial charge in [-0.2, -0.15) is 0 Å². The summed E-state index contributed by atoms with van der Waals surface area (Å²) in [4.78, 5) is 2.24. The van der Waals surface area contributed by atoms with Crippen LogP contribution in [0.25, 0.3) is 0 Å². The van der Waals surface area contributed by atoms with E-state index in [1.54, 1.807) is 6.07 Å². The fourth-order valence-electron chi connectivity index (χ4n) is 2.51. The van der Waals surface area contributed by atoms with Crippen molar-refractivity contribution < 1.29 is 14.6 Å². The quantitative estimate of drug-likeness (QED) is 0.807. The summed E-state index contributed by atoms with van der Waals surface area (Å²) in [7, 11) is 4.21. The maximum absolute atomic E-state index is 10.0. The zero-order valence-electron chi connectivity index (χ0n) is 13.3. The van der Waals surface area contributed by atoms with Crippen molar-refractivity contribution in [3.05, 3.63) is 17.7 Å². The topological polar surface area (TPSA) is 54.0 Å². The number of phenolic OH excluding ortho intramolecular Hbond substituents is 1. The summed E-state index contributed by atoms with van der Waals surface area (Å²) in [5.74, 6) is 2.23. The first-order valence-corrected chi connectivity index (χ1v) is 7.46. The SMILES string of the molecule is CC(C)CC(CNCc1cc2c(cc1O)OCO2)N(C)C. The number of ether oxygens (including phenoxy) is 2. The lowest BCUT2D eigenvalue weighted by atomic mass is 10.0. The van der Waals surface area contributed by atoms with Gasteiger partial charge in [0.15, 0.2) is 11.5 Å². The van der Waals surface area contributed by atoms with Gasteiger partial charge in [0, 0.05) is 30.8 Å². The van der Waals surface area contributed by atoms with E-state index in [1.165, 1.54) is 0 Å². The van der Waals surface area contributed by atoms with Crippen LogP contribution in [0.15, 0.2) is 12.1 Å². The third-order valence-corrected chi connectivity index (χ3v) is 3.74. The normalized spacial score (nSPS) is 15.0. The Morgan fingerprint density at radius 2 is 1.90 bits per heavy atom. The molecule has 1 unspecified atom stereocenters. The van der Waals surface area contributed by atoms with Crippen molar-refractivity contribution in [1.82, 2.24) is 10.2 Å². The van der Waals surface area contributed by atoms with Gasteiger partial charge in [0.1, 0.15) is 5.75 Å². The third-order valence-electron chi connectivity index (χ3n) is 3.74. The molecular formula is C16H26N2O3. The predicted molar refractivity (Wildman–Crippen MR) is 82.9 cm³/mol. The molecule has 0 spiro atoms. The van der Waals surface area contributed by atoms with Crippen LogP contribution in [0.5, 0.6) is 17.2 Å². The number of phenols is 1. The fourth-order valence-corrected chi connectivity index (χ4v) is 2.51. The van der Waals surface area contributed by atoms with E-state index < -0.39 is 0 Å². The molecule has 0 aromatic heterocycles. The Balaban J connectivity index is 1.91. The van der Waals surface area contributed by atoms with Crippen molar-refractivity contribution in [2.24, 2.45) is 5.92 Å². The molecule has 0 aliphatic carbocycles. The minimum atomic E-state index is 0.225. The van der Waals surface area contributed by atoms with E-state index in [-0.39, 0.29) is 12.5 Å². The summed E-state index contributed by atoms with van der Waals surface area (Å²) in [5, 5.41) is 13.4. The molecule has 2 rings (SSSR count). The average Bonchev–Trinajstić information content (AvgIpc) is 2.84. The number of rotatable bonds is 7. The van der Waals surface area contributed by atoms with Gasteiger partial charge in [-0.25, -0.2) is 0 Å². The zero-order valence-corrected chi connectivity index (χ0v) is 13.3. The Kier molecular flexibility index (Phi) is 5.31. The second-order valence-corrected chi connectivity index (χ2v) is 6.21. The standard InChI is InChI=1S/C16H26N2O3/c1-11(2)5-13(18(3)4)9-17-8-12-6-15-16(7-14(12)19)21-10-20-15/h6-7,11,13,17,19H,5,8-10H2,1-4H3. The van der Waals surface area contributed by atoms with Crippen molar-refractivity contribution in [2.75, 3.05) is 27.4 Å². The van der Waals surface area contributed by atoms with Crippen LogP contribution in [0.1, 0.15) is 25.8 Å². The van der Waals surface area contributed by atoms with Crippen LogP contribution in [-0.2, 0) is 6.54 Å². The van der Waals surface area contributed by atoms with Crippen molar-refractivity contribution in [1.29, 1.82) is 0 Å². The number of nitrogens with zero attached hydrogens (tertiary/aromatic N) is 1. The molecule has 1 heterocycles. The van der Waals surface area contributed by atoms with Crippen molar-refractivity contribution >= 4 is 0 Å². The van der Waals surface area contributed by atoms with Crippen molar-refractivity contribution in [3.8, 4) is 17.2 Å². The first-order chi connectivity index (χ1) is 9.97. The van der Waals surface area contributed by atoms with Crippen LogP contribution in [0.4, 0.5) is 0 Å². The second-order valence-electron chi connectivity index (χ2n) is 6.21. The van der Waals surface area contributed by atoms with Gasteiger partial charge in [-0.15, -0.1) is 0 Å². The Labute approximate surface area is 126 Å². The number of fused-ring (bicyclic) bond motifs is 1. The first-order valence-electron chi connectivity index (χ1n) is 7.46. The van der Waals surface area contributed by atoms with Gasteiger partial charge in [0.05, 0.1) is 0 Å². The highest BCUT2D eigenvalue weighted by molar-refractivity contribution is 5.51. The molecule has 0 saturated heterocycles. The second kappa shape index (κ2) is 7.00. The monoisotopic (exact) mass is 294 g/mol. The van der Waals surface area contributed by atoms with E-state index in [9.17, 15) is 5.11 Å². The molecule has 5 nitrogen and oxygen atoms in total. The maximum atomic E-state index is 10.0. The molecule has 2 N–H and O–H groups in total. The van der Waals surface area contributed by atoms with Gasteiger partial charge in [0.2, 0.25) is 6.79 Å². The lowest BCUT2D eigenvalue weighted by Gasteiger charge is -2.26. The van der Waals surface area contributed by atoms with Gasteiger partial charge < -0.3 is 24.8 Å². The van der Waals surface area contributed by atoms with Gasteiger partial charge in [-0.05, 0) is 32.5 Å². The molecule has 0 fully saturated rings. The van der Waals surface area contributed by atoms with Crippen molar-refractivity contribution in [2.45, 2.75) is 32.9 Å². The summed E-state index contributed by atoms with van der Waals surface area (Å²) in [6.07, 6.45) is 1.15. The third kappa shape index (κ3) is 4.25. The van der Waals surface area contributed by atoms with E-state index in [1.807, 2.05) is 6.07 Å². The number of benzene rings is 1. The Hall–Kier alpha value is -1.46. The van der Waals surface area contributed by atoms with Crippen LogP contribution in [0, 0.1) is 5.92 Å². The molecule has 0 bridgehead atoms. The molecular weight excluding hydrogens is 268 g/mol. The molecule has 118 valence electrons. The summed E-state index contributed by atoms with van der Waals surface area (Å²) in [5.41, 5.74) is 0.835. The van der Waals surface area contributed by atoms with Gasteiger partial charge in [-0.1, -0.05) is 13.8 Å². The lowest BCUT2D eigenvalue weighted by molar-refractivity contribution is 0.174. The van der Waals surface area contributed by atoms with Gasteiger partial charge in [-0.3, -0.25) is 0 Å². The molecule has 5 heteroatoms. The van der Waals surface area contributed by atoms with Gasteiger partial charge in [0.25, 0.3) is 0 Å². The van der Waals surface area contributed by atoms with E-state index in [2.05, 4.69) is 38.2 Å². The van der Waals surface area contributed by atoms with E-state index in [0.717, 1.165) is 18.5 Å². The first kappa shape index (κ1) is 15.9. The molecule has 0 saturated carbocycles. The summed E-state index contributed by atoms with van der Waals surface area (Å²) < 4.78 is 10.6. The number of hydrogen-bond acceptors (Lipinski definition) is 5. The Morgan fingerprint density at radius 3 is 2.52 bits per heavy atom. The number of nitrogens with one attached hydrogen (secondary N) is 1. The smallest absolute Gasteiger partial charge is 0.231 e. The zero-order chi connectivity index (χ0) is 15.4. The lowest BCUT2D eigenvalue weighted by Crippen LogP contribution is -2.38. The molecule has 1 aliphatic rings. The molecule has 1 atom stereocenters. The van der Waals surface area contributed by atoms with Crippen molar-refractivity contribution in [3.63, 3.8) is 0 Å². The number of hydrogen-bond donors (Lipinski definition) is 2.